The molecule has 1 atom stereocenters. The van der Waals surface area contributed by atoms with Crippen LogP contribution in [-0.2, 0) is 25.9 Å². The number of carbonyl (C=O) groups excluding carboxylic acids is 1. The fourth-order valence-corrected chi connectivity index (χ4v) is 4.10. The van der Waals surface area contributed by atoms with Gasteiger partial charge in [-0.05, 0) is 29.8 Å². The van der Waals surface area contributed by atoms with Gasteiger partial charge in [0.2, 0.25) is 5.91 Å². The molecule has 1 aliphatic rings. The molecule has 0 saturated carbocycles. The Morgan fingerprint density at radius 3 is 2.54 bits per heavy atom. The SMILES string of the molecule is CCS(=O)(=O)c1ccc(NC(=O)CC2CN(Cc3ccccc3)CCO2)cc1. The number of amides is 1. The van der Waals surface area contributed by atoms with Gasteiger partial charge in [0, 0.05) is 25.3 Å². The minimum atomic E-state index is -3.24. The van der Waals surface area contributed by atoms with Crippen molar-refractivity contribution in [3.8, 4) is 0 Å². The molecule has 1 N–H and O–H groups in total. The van der Waals surface area contributed by atoms with E-state index >= 15 is 0 Å². The Morgan fingerprint density at radius 1 is 1.14 bits per heavy atom. The molecule has 0 aromatic heterocycles. The highest BCUT2D eigenvalue weighted by Gasteiger charge is 2.23. The van der Waals surface area contributed by atoms with Crippen molar-refractivity contribution in [2.24, 2.45) is 0 Å². The first-order valence-corrected chi connectivity index (χ1v) is 11.1. The van der Waals surface area contributed by atoms with Crippen LogP contribution in [0.4, 0.5) is 5.69 Å². The molecule has 6 nitrogen and oxygen atoms in total. The Hall–Kier alpha value is -2.22. The number of ether oxygens (including phenoxy) is 1. The smallest absolute Gasteiger partial charge is 0.227 e. The molecule has 2 aromatic carbocycles. The van der Waals surface area contributed by atoms with E-state index < -0.39 is 9.84 Å². The molecule has 0 radical (unpaired) electrons. The minimum absolute atomic E-state index is 0.0528. The molecular formula is C21H26N2O4S. The maximum Gasteiger partial charge on any atom is 0.227 e. The van der Waals surface area contributed by atoms with Crippen LogP contribution < -0.4 is 5.32 Å². The first-order chi connectivity index (χ1) is 13.5. The third kappa shape index (κ3) is 5.64. The van der Waals surface area contributed by atoms with Crippen LogP contribution >= 0.6 is 0 Å². The number of hydrogen-bond acceptors (Lipinski definition) is 5. The molecule has 1 unspecified atom stereocenters. The van der Waals surface area contributed by atoms with E-state index in [9.17, 15) is 13.2 Å². The summed E-state index contributed by atoms with van der Waals surface area (Å²) in [6.45, 7) is 4.61. The number of benzene rings is 2. The average Bonchev–Trinajstić information content (AvgIpc) is 2.69. The largest absolute Gasteiger partial charge is 0.375 e. The monoisotopic (exact) mass is 402 g/mol. The Balaban J connectivity index is 1.51. The highest BCUT2D eigenvalue weighted by atomic mass is 32.2. The summed E-state index contributed by atoms with van der Waals surface area (Å²) in [5.74, 6) is -0.0883. The maximum atomic E-state index is 12.4. The second kappa shape index (κ2) is 9.32. The van der Waals surface area contributed by atoms with Crippen molar-refractivity contribution in [2.45, 2.75) is 30.9 Å². The number of rotatable bonds is 7. The van der Waals surface area contributed by atoms with E-state index in [0.717, 1.165) is 13.1 Å². The zero-order valence-corrected chi connectivity index (χ0v) is 16.8. The summed E-state index contributed by atoms with van der Waals surface area (Å²) >= 11 is 0. The normalized spacial score (nSPS) is 18.0. The number of nitrogens with one attached hydrogen (secondary N) is 1. The number of anilines is 1. The maximum absolute atomic E-state index is 12.4. The van der Waals surface area contributed by atoms with Gasteiger partial charge in [0.15, 0.2) is 9.84 Å². The van der Waals surface area contributed by atoms with Crippen LogP contribution in [0.15, 0.2) is 59.5 Å². The predicted molar refractivity (Wildman–Crippen MR) is 109 cm³/mol. The average molecular weight is 403 g/mol. The molecule has 1 aliphatic heterocycles. The van der Waals surface area contributed by atoms with Gasteiger partial charge in [-0.15, -0.1) is 0 Å². The number of morpholine rings is 1. The van der Waals surface area contributed by atoms with Crippen LogP contribution in [0.25, 0.3) is 0 Å². The first-order valence-electron chi connectivity index (χ1n) is 9.47. The zero-order valence-electron chi connectivity index (χ0n) is 16.0. The van der Waals surface area contributed by atoms with Crippen LogP contribution in [0.3, 0.4) is 0 Å². The fraction of sp³-hybridized carbons (Fsp3) is 0.381. The molecule has 1 heterocycles. The third-order valence-corrected chi connectivity index (χ3v) is 6.51. The second-order valence-corrected chi connectivity index (χ2v) is 9.17. The summed E-state index contributed by atoms with van der Waals surface area (Å²) in [6, 6.07) is 16.5. The molecule has 0 spiro atoms. The molecule has 0 aliphatic carbocycles. The lowest BCUT2D eigenvalue weighted by atomic mass is 10.1. The van der Waals surface area contributed by atoms with Crippen molar-refractivity contribution in [1.29, 1.82) is 0 Å². The molecule has 0 bridgehead atoms. The van der Waals surface area contributed by atoms with Gasteiger partial charge in [-0.25, -0.2) is 8.42 Å². The molecule has 1 amide bonds. The molecule has 28 heavy (non-hydrogen) atoms. The Morgan fingerprint density at radius 2 is 1.86 bits per heavy atom. The topological polar surface area (TPSA) is 75.7 Å². The van der Waals surface area contributed by atoms with E-state index in [1.54, 1.807) is 19.1 Å². The molecule has 1 fully saturated rings. The first kappa shape index (κ1) is 20.5. The van der Waals surface area contributed by atoms with E-state index in [0.29, 0.717) is 18.8 Å². The Kier molecular flexibility index (Phi) is 6.83. The zero-order chi connectivity index (χ0) is 20.0. The number of hydrogen-bond donors (Lipinski definition) is 1. The van der Waals surface area contributed by atoms with Gasteiger partial charge in [-0.2, -0.15) is 0 Å². The Bertz CT molecular complexity index is 882. The fourth-order valence-electron chi connectivity index (χ4n) is 3.22. The lowest BCUT2D eigenvalue weighted by Gasteiger charge is -2.32. The lowest BCUT2D eigenvalue weighted by Crippen LogP contribution is -2.43. The van der Waals surface area contributed by atoms with Crippen LogP contribution in [0.2, 0.25) is 0 Å². The van der Waals surface area contributed by atoms with E-state index in [1.165, 1.54) is 17.7 Å². The van der Waals surface area contributed by atoms with Crippen LogP contribution in [0.1, 0.15) is 18.9 Å². The summed E-state index contributed by atoms with van der Waals surface area (Å²) in [5, 5.41) is 2.82. The van der Waals surface area contributed by atoms with Gasteiger partial charge in [-0.3, -0.25) is 9.69 Å². The van der Waals surface area contributed by atoms with Gasteiger partial charge >= 0.3 is 0 Å². The Labute approximate surface area is 166 Å². The predicted octanol–water partition coefficient (Wildman–Crippen LogP) is 2.71. The summed E-state index contributed by atoms with van der Waals surface area (Å²) in [5.41, 5.74) is 1.83. The van der Waals surface area contributed by atoms with Gasteiger partial charge < -0.3 is 10.1 Å². The van der Waals surface area contributed by atoms with E-state index in [2.05, 4.69) is 22.3 Å². The summed E-state index contributed by atoms with van der Waals surface area (Å²) < 4.78 is 29.5. The molecule has 1 saturated heterocycles. The minimum Gasteiger partial charge on any atom is -0.375 e. The van der Waals surface area contributed by atoms with Crippen LogP contribution in [0, 0.1) is 0 Å². The molecule has 2 aromatic rings. The van der Waals surface area contributed by atoms with Gasteiger partial charge in [0.25, 0.3) is 0 Å². The second-order valence-electron chi connectivity index (χ2n) is 6.89. The van der Waals surface area contributed by atoms with E-state index in [-0.39, 0.29) is 29.1 Å². The number of carbonyl (C=O) groups is 1. The highest BCUT2D eigenvalue weighted by Crippen LogP contribution is 2.17. The number of sulfone groups is 1. The van der Waals surface area contributed by atoms with Crippen molar-refractivity contribution in [3.05, 3.63) is 60.2 Å². The lowest BCUT2D eigenvalue weighted by molar-refractivity contribution is -0.121. The highest BCUT2D eigenvalue weighted by molar-refractivity contribution is 7.91. The number of nitrogens with zero attached hydrogens (tertiary/aromatic N) is 1. The van der Waals surface area contributed by atoms with Crippen molar-refractivity contribution in [2.75, 3.05) is 30.8 Å². The van der Waals surface area contributed by atoms with E-state index in [4.69, 9.17) is 4.74 Å². The quantitative estimate of drug-likeness (QED) is 0.771. The molecule has 3 rings (SSSR count). The molecule has 7 heteroatoms. The summed E-state index contributed by atoms with van der Waals surface area (Å²) in [4.78, 5) is 14.9. The third-order valence-electron chi connectivity index (χ3n) is 4.76. The van der Waals surface area contributed by atoms with Crippen LogP contribution in [-0.4, -0.2) is 50.8 Å². The standard InChI is InChI=1S/C21H26N2O4S/c1-2-28(25,26)20-10-8-18(9-11-20)22-21(24)14-19-16-23(12-13-27-19)15-17-6-4-3-5-7-17/h3-11,19H,2,12-16H2,1H3,(H,22,24). The van der Waals surface area contributed by atoms with Crippen LogP contribution in [0.5, 0.6) is 0 Å². The summed E-state index contributed by atoms with van der Waals surface area (Å²) in [7, 11) is -3.24. The van der Waals surface area contributed by atoms with Gasteiger partial charge in [-0.1, -0.05) is 37.3 Å². The summed E-state index contributed by atoms with van der Waals surface area (Å²) in [6.07, 6.45) is 0.109. The van der Waals surface area contributed by atoms with Crippen molar-refractivity contribution in [3.63, 3.8) is 0 Å². The van der Waals surface area contributed by atoms with Gasteiger partial charge in [0.05, 0.1) is 29.8 Å². The van der Waals surface area contributed by atoms with Gasteiger partial charge in [0.1, 0.15) is 0 Å². The molecule has 150 valence electrons. The van der Waals surface area contributed by atoms with Crippen molar-refractivity contribution < 1.29 is 17.9 Å². The molecular weight excluding hydrogens is 376 g/mol. The van der Waals surface area contributed by atoms with E-state index in [1.807, 2.05) is 18.2 Å². The van der Waals surface area contributed by atoms with Crippen molar-refractivity contribution >= 4 is 21.4 Å². The van der Waals surface area contributed by atoms with Crippen molar-refractivity contribution in [1.82, 2.24) is 4.90 Å².